The predicted octanol–water partition coefficient (Wildman–Crippen LogP) is 1.67. The van der Waals surface area contributed by atoms with Crippen LogP contribution >= 0.6 is 24.8 Å². The van der Waals surface area contributed by atoms with E-state index in [0.717, 1.165) is 51.6 Å². The molecule has 2 heterocycles. The number of piperazine rings is 1. The van der Waals surface area contributed by atoms with Gasteiger partial charge >= 0.3 is 0 Å². The van der Waals surface area contributed by atoms with Crippen LogP contribution in [0.2, 0.25) is 0 Å². The Kier molecular flexibility index (Phi) is 7.59. The van der Waals surface area contributed by atoms with E-state index < -0.39 is 0 Å². The number of amides is 1. The smallest absolute Gasteiger partial charge is 0.222 e. The van der Waals surface area contributed by atoms with Crippen LogP contribution in [0.1, 0.15) is 38.5 Å². The minimum atomic E-state index is 0. The van der Waals surface area contributed by atoms with Crippen LogP contribution in [0.3, 0.4) is 0 Å². The predicted molar refractivity (Wildman–Crippen MR) is 85.9 cm³/mol. The van der Waals surface area contributed by atoms with Crippen LogP contribution < -0.4 is 5.32 Å². The minimum absolute atomic E-state index is 0. The maximum Gasteiger partial charge on any atom is 0.222 e. The second-order valence-corrected chi connectivity index (χ2v) is 5.98. The zero-order valence-electron chi connectivity index (χ0n) is 12.1. The van der Waals surface area contributed by atoms with Crippen molar-refractivity contribution < 1.29 is 4.79 Å². The van der Waals surface area contributed by atoms with Gasteiger partial charge in [-0.15, -0.1) is 24.8 Å². The van der Waals surface area contributed by atoms with Crippen molar-refractivity contribution in [2.75, 3.05) is 32.7 Å². The third-order valence-electron chi connectivity index (χ3n) is 4.60. The van der Waals surface area contributed by atoms with Gasteiger partial charge in [-0.05, 0) is 38.6 Å². The number of hydrogen-bond donors (Lipinski definition) is 1. The van der Waals surface area contributed by atoms with Crippen molar-refractivity contribution in [3.8, 4) is 0 Å². The first kappa shape index (κ1) is 18.0. The zero-order chi connectivity index (χ0) is 12.4. The molecule has 2 saturated heterocycles. The van der Waals surface area contributed by atoms with E-state index in [0.29, 0.717) is 11.9 Å². The summed E-state index contributed by atoms with van der Waals surface area (Å²) in [5.41, 5.74) is 0. The Morgan fingerprint density at radius 3 is 2.30 bits per heavy atom. The quantitative estimate of drug-likeness (QED) is 0.854. The van der Waals surface area contributed by atoms with Crippen LogP contribution in [0.25, 0.3) is 0 Å². The van der Waals surface area contributed by atoms with Gasteiger partial charge < -0.3 is 10.2 Å². The molecule has 0 aromatic rings. The summed E-state index contributed by atoms with van der Waals surface area (Å²) < 4.78 is 0. The fourth-order valence-corrected chi connectivity index (χ4v) is 3.24. The van der Waals surface area contributed by atoms with Crippen molar-refractivity contribution in [2.45, 2.75) is 50.6 Å². The highest BCUT2D eigenvalue weighted by molar-refractivity contribution is 5.85. The number of carbonyl (C=O) groups is 1. The molecule has 0 aromatic carbocycles. The molecule has 0 radical (unpaired) electrons. The van der Waals surface area contributed by atoms with E-state index in [1.807, 2.05) is 0 Å². The highest BCUT2D eigenvalue weighted by Crippen LogP contribution is 2.27. The molecular formula is C14H27Cl2N3O. The highest BCUT2D eigenvalue weighted by Gasteiger charge is 2.32. The maximum absolute atomic E-state index is 12.1. The van der Waals surface area contributed by atoms with Gasteiger partial charge in [-0.1, -0.05) is 0 Å². The normalized spacial score (nSPS) is 26.8. The van der Waals surface area contributed by atoms with E-state index in [1.54, 1.807) is 0 Å². The van der Waals surface area contributed by atoms with Crippen molar-refractivity contribution in [3.63, 3.8) is 0 Å². The lowest BCUT2D eigenvalue weighted by atomic mass is 10.1. The molecule has 0 aromatic heterocycles. The van der Waals surface area contributed by atoms with Gasteiger partial charge in [0.25, 0.3) is 0 Å². The molecule has 1 atom stereocenters. The van der Waals surface area contributed by atoms with E-state index in [-0.39, 0.29) is 24.8 Å². The molecule has 20 heavy (non-hydrogen) atoms. The Balaban J connectivity index is 0.000001000. The van der Waals surface area contributed by atoms with Crippen LogP contribution in [0.4, 0.5) is 0 Å². The van der Waals surface area contributed by atoms with E-state index in [2.05, 4.69) is 15.1 Å². The molecule has 1 N–H and O–H groups in total. The maximum atomic E-state index is 12.1. The molecule has 1 amide bonds. The second kappa shape index (κ2) is 8.42. The number of halogens is 2. The van der Waals surface area contributed by atoms with Crippen molar-refractivity contribution >= 4 is 30.7 Å². The number of rotatable bonds is 4. The molecule has 0 bridgehead atoms. The topological polar surface area (TPSA) is 35.6 Å². The summed E-state index contributed by atoms with van der Waals surface area (Å²) in [5, 5.41) is 3.47. The van der Waals surface area contributed by atoms with E-state index in [4.69, 9.17) is 0 Å². The molecule has 3 fully saturated rings. The highest BCUT2D eigenvalue weighted by atomic mass is 35.5. The Hall–Kier alpha value is -0.0300. The summed E-state index contributed by atoms with van der Waals surface area (Å²) in [7, 11) is 0. The second-order valence-electron chi connectivity index (χ2n) is 5.98. The summed E-state index contributed by atoms with van der Waals surface area (Å²) in [6.07, 6.45) is 7.05. The van der Waals surface area contributed by atoms with Crippen LogP contribution in [0.15, 0.2) is 0 Å². The third kappa shape index (κ3) is 4.76. The SMILES string of the molecule is Cl.Cl.O=C(CCC1CCCN1)N1CCN(C2CC2)CC1. The monoisotopic (exact) mass is 323 g/mol. The van der Waals surface area contributed by atoms with Crippen molar-refractivity contribution in [1.29, 1.82) is 0 Å². The fraction of sp³-hybridized carbons (Fsp3) is 0.929. The molecule has 4 nitrogen and oxygen atoms in total. The van der Waals surface area contributed by atoms with Crippen molar-refractivity contribution in [3.05, 3.63) is 0 Å². The standard InChI is InChI=1S/C14H25N3O.2ClH/c18-14(6-3-12-2-1-7-15-12)17-10-8-16(9-11-17)13-4-5-13;;/h12-13,15H,1-11H2;2*1H. The van der Waals surface area contributed by atoms with E-state index in [1.165, 1.54) is 25.7 Å². The summed E-state index contributed by atoms with van der Waals surface area (Å²) in [6.45, 7) is 5.23. The molecule has 1 unspecified atom stereocenters. The lowest BCUT2D eigenvalue weighted by molar-refractivity contribution is -0.133. The number of carbonyl (C=O) groups excluding carboxylic acids is 1. The molecule has 3 rings (SSSR count). The van der Waals surface area contributed by atoms with Crippen LogP contribution in [-0.4, -0.2) is 60.5 Å². The zero-order valence-corrected chi connectivity index (χ0v) is 13.7. The number of hydrogen-bond acceptors (Lipinski definition) is 3. The Morgan fingerprint density at radius 1 is 1.05 bits per heavy atom. The first-order valence-electron chi connectivity index (χ1n) is 7.58. The molecular weight excluding hydrogens is 297 g/mol. The Morgan fingerprint density at radius 2 is 1.75 bits per heavy atom. The van der Waals surface area contributed by atoms with Crippen LogP contribution in [0, 0.1) is 0 Å². The molecule has 3 aliphatic rings. The third-order valence-corrected chi connectivity index (χ3v) is 4.60. The summed E-state index contributed by atoms with van der Waals surface area (Å²) in [5.74, 6) is 0.374. The number of nitrogens with one attached hydrogen (secondary N) is 1. The minimum Gasteiger partial charge on any atom is -0.340 e. The van der Waals surface area contributed by atoms with Gasteiger partial charge in [0.2, 0.25) is 5.91 Å². The average Bonchev–Trinajstić information content (AvgIpc) is 3.13. The molecule has 0 spiro atoms. The van der Waals surface area contributed by atoms with Gasteiger partial charge in [-0.2, -0.15) is 0 Å². The van der Waals surface area contributed by atoms with Gasteiger partial charge in [0.1, 0.15) is 0 Å². The Labute approximate surface area is 134 Å². The van der Waals surface area contributed by atoms with Gasteiger partial charge in [-0.3, -0.25) is 9.69 Å². The fourth-order valence-electron chi connectivity index (χ4n) is 3.24. The van der Waals surface area contributed by atoms with Crippen molar-refractivity contribution in [1.82, 2.24) is 15.1 Å². The summed E-state index contributed by atoms with van der Waals surface area (Å²) in [4.78, 5) is 16.8. The number of nitrogens with zero attached hydrogens (tertiary/aromatic N) is 2. The van der Waals surface area contributed by atoms with Crippen molar-refractivity contribution in [2.24, 2.45) is 0 Å². The van der Waals surface area contributed by atoms with E-state index >= 15 is 0 Å². The lowest BCUT2D eigenvalue weighted by Gasteiger charge is -2.35. The first-order valence-corrected chi connectivity index (χ1v) is 7.58. The summed E-state index contributed by atoms with van der Waals surface area (Å²) in [6, 6.07) is 1.45. The van der Waals surface area contributed by atoms with Crippen LogP contribution in [0.5, 0.6) is 0 Å². The van der Waals surface area contributed by atoms with Gasteiger partial charge in [-0.25, -0.2) is 0 Å². The van der Waals surface area contributed by atoms with E-state index in [9.17, 15) is 4.79 Å². The first-order chi connectivity index (χ1) is 8.83. The molecule has 6 heteroatoms. The lowest BCUT2D eigenvalue weighted by Crippen LogP contribution is -2.49. The Bertz CT molecular complexity index is 299. The van der Waals surface area contributed by atoms with Gasteiger partial charge in [0.05, 0.1) is 0 Å². The summed E-state index contributed by atoms with van der Waals surface area (Å²) >= 11 is 0. The van der Waals surface area contributed by atoms with Gasteiger partial charge in [0, 0.05) is 44.7 Å². The molecule has 1 aliphatic carbocycles. The van der Waals surface area contributed by atoms with Gasteiger partial charge in [0.15, 0.2) is 0 Å². The largest absolute Gasteiger partial charge is 0.340 e. The molecule has 118 valence electrons. The van der Waals surface area contributed by atoms with Crippen LogP contribution in [-0.2, 0) is 4.79 Å². The molecule has 1 saturated carbocycles. The molecule has 2 aliphatic heterocycles. The average molecular weight is 324 g/mol.